The number of aryl methyl sites for hydroxylation is 1. The maximum atomic E-state index is 12.4. The molecule has 3 rings (SSSR count). The number of piperidine rings is 1. The van der Waals surface area contributed by atoms with E-state index in [0.717, 1.165) is 35.5 Å². The topological polar surface area (TPSA) is 107 Å². The van der Waals surface area contributed by atoms with E-state index < -0.39 is 5.91 Å². The Balaban J connectivity index is 1.45. The summed E-state index contributed by atoms with van der Waals surface area (Å²) in [6, 6.07) is 11.6. The summed E-state index contributed by atoms with van der Waals surface area (Å²) >= 11 is 0. The molecule has 2 aromatic rings. The van der Waals surface area contributed by atoms with Crippen LogP contribution in [0.4, 0.5) is 16.3 Å². The van der Waals surface area contributed by atoms with Gasteiger partial charge in [0.2, 0.25) is 0 Å². The Bertz CT molecular complexity index is 857. The predicted molar refractivity (Wildman–Crippen MR) is 112 cm³/mol. The van der Waals surface area contributed by atoms with Crippen LogP contribution in [0, 0.1) is 6.92 Å². The van der Waals surface area contributed by atoms with Crippen LogP contribution in [0.2, 0.25) is 0 Å². The minimum Gasteiger partial charge on any atom is -0.367 e. The standard InChI is InChI=1S/C21H25N5O3/c1-15-2-6-17(7-3-15)24-21(28)26-12-10-18(11-13-26)23-19-8-4-16(14-22-19)5-9-20(27)25-29/h2-9,14,18,29H,10-13H2,1H3,(H,22,23)(H,24,28)(H,25,27). The highest BCUT2D eigenvalue weighted by Crippen LogP contribution is 2.17. The third-order valence-corrected chi connectivity index (χ3v) is 4.76. The lowest BCUT2D eigenvalue weighted by Crippen LogP contribution is -2.44. The second kappa shape index (κ2) is 9.70. The second-order valence-electron chi connectivity index (χ2n) is 6.99. The SMILES string of the molecule is Cc1ccc(NC(=O)N2CCC(Nc3ccc(C=CC(=O)NO)cn3)CC2)cc1. The Morgan fingerprint density at radius 2 is 1.86 bits per heavy atom. The van der Waals surface area contributed by atoms with Gasteiger partial charge in [0.05, 0.1) is 0 Å². The second-order valence-corrected chi connectivity index (χ2v) is 6.99. The molecule has 29 heavy (non-hydrogen) atoms. The number of hydroxylamine groups is 1. The van der Waals surface area contributed by atoms with Gasteiger partial charge in [-0.3, -0.25) is 10.0 Å². The highest BCUT2D eigenvalue weighted by Gasteiger charge is 2.23. The predicted octanol–water partition coefficient (Wildman–Crippen LogP) is 3.02. The summed E-state index contributed by atoms with van der Waals surface area (Å²) in [5.41, 5.74) is 4.25. The van der Waals surface area contributed by atoms with Gasteiger partial charge in [-0.15, -0.1) is 0 Å². The molecule has 0 radical (unpaired) electrons. The number of aromatic nitrogens is 1. The molecule has 0 bridgehead atoms. The largest absolute Gasteiger partial charge is 0.367 e. The van der Waals surface area contributed by atoms with Crippen molar-refractivity contribution >= 4 is 29.5 Å². The molecule has 8 heteroatoms. The van der Waals surface area contributed by atoms with Crippen LogP contribution in [-0.2, 0) is 4.79 Å². The summed E-state index contributed by atoms with van der Waals surface area (Å²) in [6.07, 6.45) is 6.10. The number of carbonyl (C=O) groups is 2. The summed E-state index contributed by atoms with van der Waals surface area (Å²) in [5, 5.41) is 14.8. The lowest BCUT2D eigenvalue weighted by atomic mass is 10.1. The number of nitrogens with zero attached hydrogens (tertiary/aromatic N) is 2. The first-order valence-corrected chi connectivity index (χ1v) is 9.51. The summed E-state index contributed by atoms with van der Waals surface area (Å²) in [7, 11) is 0. The van der Waals surface area contributed by atoms with Crippen molar-refractivity contribution in [1.29, 1.82) is 0 Å². The molecule has 4 N–H and O–H groups in total. The summed E-state index contributed by atoms with van der Waals surface area (Å²) in [6.45, 7) is 3.36. The van der Waals surface area contributed by atoms with E-state index in [0.29, 0.717) is 13.1 Å². The smallest absolute Gasteiger partial charge is 0.321 e. The first-order chi connectivity index (χ1) is 14.0. The number of pyridine rings is 1. The van der Waals surface area contributed by atoms with Crippen molar-refractivity contribution in [3.05, 3.63) is 59.8 Å². The first kappa shape index (κ1) is 20.3. The Kier molecular flexibility index (Phi) is 6.80. The van der Waals surface area contributed by atoms with Crippen molar-refractivity contribution in [2.75, 3.05) is 23.7 Å². The minimum absolute atomic E-state index is 0.0755. The van der Waals surface area contributed by atoms with Gasteiger partial charge in [0.1, 0.15) is 5.82 Å². The number of hydrogen-bond donors (Lipinski definition) is 4. The molecule has 1 aliphatic rings. The molecule has 0 unspecified atom stereocenters. The average molecular weight is 395 g/mol. The zero-order valence-corrected chi connectivity index (χ0v) is 16.3. The number of amides is 3. The molecular formula is C21H25N5O3. The molecule has 1 aromatic heterocycles. The van der Waals surface area contributed by atoms with E-state index in [9.17, 15) is 9.59 Å². The van der Waals surface area contributed by atoms with Crippen LogP contribution in [0.1, 0.15) is 24.0 Å². The number of benzene rings is 1. The molecule has 8 nitrogen and oxygen atoms in total. The van der Waals surface area contributed by atoms with Crippen LogP contribution in [0.15, 0.2) is 48.7 Å². The maximum absolute atomic E-state index is 12.4. The van der Waals surface area contributed by atoms with Gasteiger partial charge in [-0.05, 0) is 55.7 Å². The van der Waals surface area contributed by atoms with Crippen molar-refractivity contribution in [1.82, 2.24) is 15.4 Å². The van der Waals surface area contributed by atoms with Gasteiger partial charge in [0, 0.05) is 37.1 Å². The molecule has 0 aliphatic carbocycles. The molecular weight excluding hydrogens is 370 g/mol. The van der Waals surface area contributed by atoms with E-state index in [-0.39, 0.29) is 12.1 Å². The monoisotopic (exact) mass is 395 g/mol. The first-order valence-electron chi connectivity index (χ1n) is 9.51. The van der Waals surface area contributed by atoms with Gasteiger partial charge in [-0.25, -0.2) is 15.3 Å². The molecule has 2 heterocycles. The van der Waals surface area contributed by atoms with Crippen LogP contribution in [0.3, 0.4) is 0 Å². The van der Waals surface area contributed by atoms with E-state index in [2.05, 4.69) is 15.6 Å². The van der Waals surface area contributed by atoms with Crippen LogP contribution < -0.4 is 16.1 Å². The fourth-order valence-electron chi connectivity index (χ4n) is 3.07. The molecule has 152 valence electrons. The zero-order chi connectivity index (χ0) is 20.6. The molecule has 0 saturated carbocycles. The van der Waals surface area contributed by atoms with E-state index in [1.807, 2.05) is 48.2 Å². The van der Waals surface area contributed by atoms with Gasteiger partial charge in [-0.2, -0.15) is 0 Å². The quantitative estimate of drug-likeness (QED) is 0.354. The lowest BCUT2D eigenvalue weighted by Gasteiger charge is -2.32. The fraction of sp³-hybridized carbons (Fsp3) is 0.286. The highest BCUT2D eigenvalue weighted by molar-refractivity contribution is 5.90. The van der Waals surface area contributed by atoms with E-state index >= 15 is 0 Å². The molecule has 1 aliphatic heterocycles. The Labute approximate surface area is 169 Å². The Morgan fingerprint density at radius 1 is 1.14 bits per heavy atom. The van der Waals surface area contributed by atoms with Crippen LogP contribution in [-0.4, -0.2) is 46.2 Å². The lowest BCUT2D eigenvalue weighted by molar-refractivity contribution is -0.124. The minimum atomic E-state index is -0.592. The van der Waals surface area contributed by atoms with E-state index in [1.54, 1.807) is 12.3 Å². The van der Waals surface area contributed by atoms with E-state index in [1.165, 1.54) is 11.6 Å². The molecule has 1 aromatic carbocycles. The molecule has 1 saturated heterocycles. The van der Waals surface area contributed by atoms with E-state index in [4.69, 9.17) is 5.21 Å². The average Bonchev–Trinajstić information content (AvgIpc) is 2.75. The van der Waals surface area contributed by atoms with Crippen LogP contribution in [0.5, 0.6) is 0 Å². The number of hydrogen-bond acceptors (Lipinski definition) is 5. The summed E-state index contributed by atoms with van der Waals surface area (Å²) in [5.74, 6) is 0.154. The van der Waals surface area contributed by atoms with Crippen LogP contribution >= 0.6 is 0 Å². The normalized spacial score (nSPS) is 14.6. The molecule has 1 fully saturated rings. The zero-order valence-electron chi connectivity index (χ0n) is 16.3. The molecule has 3 amide bonds. The summed E-state index contributed by atoms with van der Waals surface area (Å²) < 4.78 is 0. The third kappa shape index (κ3) is 6.05. The van der Waals surface area contributed by atoms with Crippen molar-refractivity contribution in [2.45, 2.75) is 25.8 Å². The van der Waals surface area contributed by atoms with Crippen LogP contribution in [0.25, 0.3) is 6.08 Å². The number of urea groups is 1. The highest BCUT2D eigenvalue weighted by atomic mass is 16.5. The van der Waals surface area contributed by atoms with Gasteiger partial charge in [0.15, 0.2) is 0 Å². The van der Waals surface area contributed by atoms with Gasteiger partial charge < -0.3 is 15.5 Å². The Hall–Kier alpha value is -3.39. The molecule has 0 atom stereocenters. The fourth-order valence-corrected chi connectivity index (χ4v) is 3.07. The maximum Gasteiger partial charge on any atom is 0.321 e. The third-order valence-electron chi connectivity index (χ3n) is 4.76. The molecule has 0 spiro atoms. The van der Waals surface area contributed by atoms with Gasteiger partial charge >= 0.3 is 6.03 Å². The van der Waals surface area contributed by atoms with Crippen molar-refractivity contribution in [3.8, 4) is 0 Å². The number of likely N-dealkylation sites (tertiary alicyclic amines) is 1. The number of anilines is 2. The number of carbonyl (C=O) groups excluding carboxylic acids is 2. The van der Waals surface area contributed by atoms with Crippen molar-refractivity contribution in [2.24, 2.45) is 0 Å². The van der Waals surface area contributed by atoms with Gasteiger partial charge in [0.25, 0.3) is 5.91 Å². The Morgan fingerprint density at radius 3 is 2.48 bits per heavy atom. The number of rotatable bonds is 5. The summed E-state index contributed by atoms with van der Waals surface area (Å²) in [4.78, 5) is 29.6. The van der Waals surface area contributed by atoms with Crippen molar-refractivity contribution in [3.63, 3.8) is 0 Å². The van der Waals surface area contributed by atoms with Crippen molar-refractivity contribution < 1.29 is 14.8 Å². The number of nitrogens with one attached hydrogen (secondary N) is 3. The van der Waals surface area contributed by atoms with Gasteiger partial charge in [-0.1, -0.05) is 17.7 Å².